The summed E-state index contributed by atoms with van der Waals surface area (Å²) in [5.41, 5.74) is 3.52. The van der Waals surface area contributed by atoms with Gasteiger partial charge in [0.25, 0.3) is 5.69 Å². The number of nitro groups is 1. The minimum absolute atomic E-state index is 0.0445. The zero-order valence-electron chi connectivity index (χ0n) is 14.2. The predicted molar refractivity (Wildman–Crippen MR) is 97.0 cm³/mol. The fourth-order valence-corrected chi connectivity index (χ4v) is 3.60. The molecular formula is C20H18N2O4. The SMILES string of the molecule is O=[N+]([O-])c1ccccc1COc1ccc2c(c1)c1c(c[n+]2[O-])CCCC1. The Morgan fingerprint density at radius 1 is 1.12 bits per heavy atom. The van der Waals surface area contributed by atoms with E-state index < -0.39 is 4.92 Å². The van der Waals surface area contributed by atoms with E-state index in [1.54, 1.807) is 36.5 Å². The van der Waals surface area contributed by atoms with Crippen molar-refractivity contribution < 1.29 is 14.4 Å². The second-order valence-corrected chi connectivity index (χ2v) is 6.52. The van der Waals surface area contributed by atoms with E-state index in [1.165, 1.54) is 11.6 Å². The van der Waals surface area contributed by atoms with Gasteiger partial charge in [0.05, 0.1) is 15.9 Å². The molecule has 0 unspecified atom stereocenters. The fraction of sp³-hybridized carbons (Fsp3) is 0.250. The van der Waals surface area contributed by atoms with Crippen molar-refractivity contribution in [2.24, 2.45) is 0 Å². The molecule has 6 heteroatoms. The molecule has 0 amide bonds. The van der Waals surface area contributed by atoms with Crippen molar-refractivity contribution in [3.63, 3.8) is 0 Å². The summed E-state index contributed by atoms with van der Waals surface area (Å²) in [6, 6.07) is 11.9. The first kappa shape index (κ1) is 16.3. The average molecular weight is 350 g/mol. The van der Waals surface area contributed by atoms with Gasteiger partial charge < -0.3 is 9.94 Å². The molecule has 0 spiro atoms. The van der Waals surface area contributed by atoms with Crippen LogP contribution in [0.25, 0.3) is 10.9 Å². The van der Waals surface area contributed by atoms with Gasteiger partial charge in [-0.15, -0.1) is 0 Å². The molecule has 4 rings (SSSR count). The van der Waals surface area contributed by atoms with Crippen molar-refractivity contribution in [1.29, 1.82) is 0 Å². The van der Waals surface area contributed by atoms with Crippen molar-refractivity contribution in [3.05, 3.63) is 80.7 Å². The number of benzene rings is 2. The molecule has 3 aromatic rings. The van der Waals surface area contributed by atoms with Crippen molar-refractivity contribution in [1.82, 2.24) is 0 Å². The van der Waals surface area contributed by atoms with Gasteiger partial charge in [-0.05, 0) is 49.4 Å². The van der Waals surface area contributed by atoms with Crippen LogP contribution >= 0.6 is 0 Å². The van der Waals surface area contributed by atoms with E-state index in [0.29, 0.717) is 16.8 Å². The van der Waals surface area contributed by atoms with Crippen molar-refractivity contribution in [2.45, 2.75) is 32.3 Å². The summed E-state index contributed by atoms with van der Waals surface area (Å²) in [6.07, 6.45) is 5.79. The zero-order chi connectivity index (χ0) is 18.1. The Morgan fingerprint density at radius 3 is 2.77 bits per heavy atom. The van der Waals surface area contributed by atoms with Crippen LogP contribution in [-0.4, -0.2) is 4.92 Å². The number of rotatable bonds is 4. The lowest BCUT2D eigenvalue weighted by atomic mass is 9.90. The van der Waals surface area contributed by atoms with Gasteiger partial charge in [-0.1, -0.05) is 12.1 Å². The lowest BCUT2D eigenvalue weighted by molar-refractivity contribution is -0.577. The van der Waals surface area contributed by atoms with Gasteiger partial charge >= 0.3 is 0 Å². The van der Waals surface area contributed by atoms with Crippen LogP contribution in [0.15, 0.2) is 48.7 Å². The van der Waals surface area contributed by atoms with E-state index in [9.17, 15) is 15.3 Å². The van der Waals surface area contributed by atoms with Crippen LogP contribution in [-0.2, 0) is 19.4 Å². The predicted octanol–water partition coefficient (Wildman–Crippen LogP) is 3.84. The number of pyridine rings is 1. The second-order valence-electron chi connectivity index (χ2n) is 6.52. The molecule has 0 aliphatic heterocycles. The minimum atomic E-state index is -0.407. The molecule has 1 aromatic heterocycles. The number of ether oxygens (including phenoxy) is 1. The number of para-hydroxylation sites is 1. The largest absolute Gasteiger partial charge is 0.618 e. The van der Waals surface area contributed by atoms with Gasteiger partial charge in [0.15, 0.2) is 6.20 Å². The van der Waals surface area contributed by atoms with E-state index >= 15 is 0 Å². The molecule has 0 fully saturated rings. The normalized spacial score (nSPS) is 13.4. The van der Waals surface area contributed by atoms with Gasteiger partial charge in [0.1, 0.15) is 12.4 Å². The average Bonchev–Trinajstić information content (AvgIpc) is 2.66. The number of hydrogen-bond acceptors (Lipinski definition) is 4. The third-order valence-electron chi connectivity index (χ3n) is 4.90. The molecule has 1 heterocycles. The third-order valence-corrected chi connectivity index (χ3v) is 4.90. The standard InChI is InChI=1S/C20H18N2O4/c23-21-12-14-5-1-3-7-17(14)18-11-16(9-10-20(18)21)26-13-15-6-2-4-8-19(15)22(24)25/h2,4,6,8-12H,1,3,5,7,13H2. The van der Waals surface area contributed by atoms with Gasteiger partial charge in [0, 0.05) is 17.7 Å². The molecule has 1 aliphatic rings. The summed E-state index contributed by atoms with van der Waals surface area (Å²) in [7, 11) is 0. The Bertz CT molecular complexity index is 1000. The summed E-state index contributed by atoms with van der Waals surface area (Å²) in [5.74, 6) is 0.606. The number of aryl methyl sites for hydroxylation is 2. The van der Waals surface area contributed by atoms with Gasteiger partial charge in [0.2, 0.25) is 5.52 Å². The van der Waals surface area contributed by atoms with Crippen LogP contribution in [0.1, 0.15) is 29.5 Å². The molecule has 132 valence electrons. The van der Waals surface area contributed by atoms with Crippen molar-refractivity contribution in [2.75, 3.05) is 0 Å². The van der Waals surface area contributed by atoms with Crippen LogP contribution in [0.3, 0.4) is 0 Å². The summed E-state index contributed by atoms with van der Waals surface area (Å²) in [4.78, 5) is 10.7. The smallest absolute Gasteiger partial charge is 0.276 e. The molecule has 0 radical (unpaired) electrons. The lowest BCUT2D eigenvalue weighted by Crippen LogP contribution is -2.29. The third kappa shape index (κ3) is 2.94. The Labute approximate surface area is 150 Å². The molecule has 0 bridgehead atoms. The van der Waals surface area contributed by atoms with Gasteiger partial charge in [-0.3, -0.25) is 10.1 Å². The molecule has 6 nitrogen and oxygen atoms in total. The topological polar surface area (TPSA) is 79.3 Å². The maximum absolute atomic E-state index is 12.3. The van der Waals surface area contributed by atoms with E-state index in [0.717, 1.165) is 41.4 Å². The molecular weight excluding hydrogens is 332 g/mol. The van der Waals surface area contributed by atoms with Crippen LogP contribution in [0.5, 0.6) is 5.75 Å². The zero-order valence-corrected chi connectivity index (χ0v) is 14.2. The first-order chi connectivity index (χ1) is 12.6. The second kappa shape index (κ2) is 6.63. The molecule has 1 aliphatic carbocycles. The highest BCUT2D eigenvalue weighted by molar-refractivity contribution is 5.82. The Kier molecular flexibility index (Phi) is 4.16. The highest BCUT2D eigenvalue weighted by atomic mass is 16.6. The minimum Gasteiger partial charge on any atom is -0.618 e. The van der Waals surface area contributed by atoms with Crippen LogP contribution in [0.2, 0.25) is 0 Å². The number of hydrogen-bond donors (Lipinski definition) is 0. The maximum atomic E-state index is 12.3. The molecule has 0 saturated heterocycles. The van der Waals surface area contributed by atoms with Crippen molar-refractivity contribution >= 4 is 16.6 Å². The number of aromatic nitrogens is 1. The highest BCUT2D eigenvalue weighted by Gasteiger charge is 2.19. The Balaban J connectivity index is 1.67. The monoisotopic (exact) mass is 350 g/mol. The number of nitro benzene ring substituents is 1. The number of nitrogens with zero attached hydrogens (tertiary/aromatic N) is 2. The van der Waals surface area contributed by atoms with Crippen LogP contribution < -0.4 is 9.47 Å². The fourth-order valence-electron chi connectivity index (χ4n) is 3.60. The van der Waals surface area contributed by atoms with E-state index in [1.807, 2.05) is 6.07 Å². The quantitative estimate of drug-likeness (QED) is 0.310. The first-order valence-electron chi connectivity index (χ1n) is 8.66. The molecule has 26 heavy (non-hydrogen) atoms. The van der Waals surface area contributed by atoms with Crippen LogP contribution in [0, 0.1) is 15.3 Å². The molecule has 2 aromatic carbocycles. The highest BCUT2D eigenvalue weighted by Crippen LogP contribution is 2.30. The van der Waals surface area contributed by atoms with E-state index in [-0.39, 0.29) is 12.3 Å². The lowest BCUT2D eigenvalue weighted by Gasteiger charge is -2.17. The summed E-state index contributed by atoms with van der Waals surface area (Å²) in [5, 5.41) is 24.3. The maximum Gasteiger partial charge on any atom is 0.276 e. The first-order valence-corrected chi connectivity index (χ1v) is 8.66. The van der Waals surface area contributed by atoms with E-state index in [2.05, 4.69) is 0 Å². The van der Waals surface area contributed by atoms with Crippen LogP contribution in [0.4, 0.5) is 5.69 Å². The number of fused-ring (bicyclic) bond motifs is 3. The summed E-state index contributed by atoms with van der Waals surface area (Å²) >= 11 is 0. The van der Waals surface area contributed by atoms with Crippen molar-refractivity contribution in [3.8, 4) is 5.75 Å². The van der Waals surface area contributed by atoms with E-state index in [4.69, 9.17) is 4.74 Å². The Hall–Kier alpha value is -3.15. The summed E-state index contributed by atoms with van der Waals surface area (Å²) < 4.78 is 6.73. The molecule has 0 atom stereocenters. The summed E-state index contributed by atoms with van der Waals surface area (Å²) in [6.45, 7) is 0.106. The Morgan fingerprint density at radius 2 is 1.92 bits per heavy atom. The van der Waals surface area contributed by atoms with Gasteiger partial charge in [-0.25, -0.2) is 0 Å². The molecule has 0 saturated carbocycles. The molecule has 0 N–H and O–H groups in total. The van der Waals surface area contributed by atoms with Gasteiger partial charge in [-0.2, -0.15) is 4.73 Å².